The fraction of sp³-hybridized carbons (Fsp3) is 0.0256. The molecule has 0 N–H and O–H groups in total. The van der Waals surface area contributed by atoms with Crippen molar-refractivity contribution < 1.29 is 0 Å². The number of benzene rings is 13. The van der Waals surface area contributed by atoms with Crippen molar-refractivity contribution in [2.75, 3.05) is 4.90 Å². The smallest absolute Gasteiger partial charge is 0.0754 e. The highest BCUT2D eigenvalue weighted by molar-refractivity contribution is 6.13. The highest BCUT2D eigenvalue weighted by Gasteiger charge is 2.51. The molecule has 0 radical (unpaired) electrons. The van der Waals surface area contributed by atoms with Crippen LogP contribution in [0.1, 0.15) is 44.5 Å². The zero-order chi connectivity index (χ0) is 52.5. The molecule has 14 aromatic rings. The van der Waals surface area contributed by atoms with Gasteiger partial charge in [0.05, 0.1) is 27.6 Å². The Balaban J connectivity index is 0.831. The lowest BCUT2D eigenvalue weighted by Gasteiger charge is -2.39. The Hall–Kier alpha value is -10.3. The first-order valence-electron chi connectivity index (χ1n) is 27.9. The van der Waals surface area contributed by atoms with Crippen LogP contribution in [-0.4, -0.2) is 4.57 Å². The van der Waals surface area contributed by atoms with Crippen molar-refractivity contribution in [3.8, 4) is 50.2 Å². The van der Waals surface area contributed by atoms with E-state index in [1.165, 1.54) is 127 Å². The predicted molar refractivity (Wildman–Crippen MR) is 332 cm³/mol. The van der Waals surface area contributed by atoms with E-state index in [0.717, 1.165) is 17.1 Å². The average molecular weight is 1020 g/mol. The lowest BCUT2D eigenvalue weighted by molar-refractivity contribution is 0.749. The summed E-state index contributed by atoms with van der Waals surface area (Å²) >= 11 is 0. The molecule has 1 aromatic heterocycles. The van der Waals surface area contributed by atoms with Gasteiger partial charge in [-0.2, -0.15) is 0 Å². The van der Waals surface area contributed by atoms with Gasteiger partial charge in [-0.25, -0.2) is 0 Å². The largest absolute Gasteiger partial charge is 0.310 e. The molecule has 80 heavy (non-hydrogen) atoms. The van der Waals surface area contributed by atoms with E-state index in [4.69, 9.17) is 0 Å². The molecule has 1 spiro atoms. The molecular formula is C78H50N2. The van der Waals surface area contributed by atoms with Gasteiger partial charge in [0.2, 0.25) is 0 Å². The second-order valence-corrected chi connectivity index (χ2v) is 21.9. The fourth-order valence-corrected chi connectivity index (χ4v) is 14.8. The Kier molecular flexibility index (Phi) is 9.58. The zero-order valence-electron chi connectivity index (χ0n) is 43.8. The third kappa shape index (κ3) is 6.13. The van der Waals surface area contributed by atoms with E-state index < -0.39 is 10.8 Å². The van der Waals surface area contributed by atoms with Gasteiger partial charge in [-0.15, -0.1) is 0 Å². The Morgan fingerprint density at radius 2 is 0.750 bits per heavy atom. The molecule has 1 aliphatic heterocycles. The van der Waals surface area contributed by atoms with Crippen LogP contribution in [0.4, 0.5) is 17.1 Å². The molecule has 2 nitrogen and oxygen atoms in total. The van der Waals surface area contributed by atoms with E-state index in [1.807, 2.05) is 0 Å². The zero-order valence-corrected chi connectivity index (χ0v) is 43.8. The van der Waals surface area contributed by atoms with Gasteiger partial charge >= 0.3 is 0 Å². The van der Waals surface area contributed by atoms with Crippen LogP contribution in [0, 0.1) is 0 Å². The monoisotopic (exact) mass is 1010 g/mol. The van der Waals surface area contributed by atoms with E-state index in [9.17, 15) is 0 Å². The van der Waals surface area contributed by atoms with Crippen LogP contribution in [0.25, 0.3) is 82.8 Å². The second-order valence-electron chi connectivity index (χ2n) is 21.9. The number of hydrogen-bond acceptors (Lipinski definition) is 1. The molecule has 13 aromatic carbocycles. The first-order chi connectivity index (χ1) is 39.7. The molecule has 0 amide bonds. The maximum absolute atomic E-state index is 2.52. The van der Waals surface area contributed by atoms with E-state index in [1.54, 1.807) is 0 Å². The molecule has 2 heterocycles. The molecular weight excluding hydrogens is 965 g/mol. The van der Waals surface area contributed by atoms with Gasteiger partial charge in [0, 0.05) is 27.8 Å². The Morgan fingerprint density at radius 3 is 1.52 bits per heavy atom. The quantitative estimate of drug-likeness (QED) is 0.154. The summed E-state index contributed by atoms with van der Waals surface area (Å²) in [6, 6.07) is 114. The number of nitrogens with zero attached hydrogens (tertiary/aromatic N) is 2. The standard InChI is InChI=1S/C78H50N2/c1-4-20-51(21-5-1)52-22-18-27-59(47-52)79(61-43-45-65-62-28-10-13-32-68(62)77(73(65)50-61,57-23-6-2-7-24-57)58-25-8-3-9-26-58)60-42-40-54-46-53(38-39-55(54)48-60)56-41-44-64-63-29-11-14-33-69(63)78(72(64)49-56)70-34-15-17-37-75(70)80-74-36-16-12-30-66(74)67-31-19-35-71(78)76(67)80/h1-50H. The summed E-state index contributed by atoms with van der Waals surface area (Å²) in [7, 11) is 0. The van der Waals surface area contributed by atoms with Gasteiger partial charge in [-0.1, -0.05) is 243 Å². The number of rotatable bonds is 7. The molecule has 0 fully saturated rings. The molecule has 17 rings (SSSR count). The molecule has 1 atom stereocenters. The van der Waals surface area contributed by atoms with Crippen molar-refractivity contribution in [1.82, 2.24) is 4.57 Å². The molecule has 3 aliphatic rings. The van der Waals surface area contributed by atoms with E-state index >= 15 is 0 Å². The minimum atomic E-state index is -0.532. The molecule has 0 saturated heterocycles. The van der Waals surface area contributed by atoms with Gasteiger partial charge in [0.25, 0.3) is 0 Å². The summed E-state index contributed by atoms with van der Waals surface area (Å²) in [6.45, 7) is 0. The molecule has 2 aliphatic carbocycles. The minimum absolute atomic E-state index is 0.516. The Bertz CT molecular complexity index is 4800. The Morgan fingerprint density at radius 1 is 0.263 bits per heavy atom. The number of fused-ring (bicyclic) bond motifs is 16. The maximum atomic E-state index is 2.52. The van der Waals surface area contributed by atoms with Gasteiger partial charge in [0.15, 0.2) is 0 Å². The van der Waals surface area contributed by atoms with Crippen LogP contribution < -0.4 is 4.90 Å². The van der Waals surface area contributed by atoms with Crippen LogP contribution in [0.15, 0.2) is 303 Å². The number of aromatic nitrogens is 1. The lowest BCUT2D eigenvalue weighted by Crippen LogP contribution is -2.33. The molecule has 0 saturated carbocycles. The van der Waals surface area contributed by atoms with Crippen LogP contribution in [0.2, 0.25) is 0 Å². The lowest BCUT2D eigenvalue weighted by atomic mass is 9.65. The van der Waals surface area contributed by atoms with Crippen molar-refractivity contribution in [2.45, 2.75) is 10.8 Å². The SMILES string of the molecule is c1ccc(-c2cccc(N(c3ccc4c(c3)C(c3ccccc3)(c3ccccc3)c3ccccc3-4)c3ccc4cc(-c5ccc6c(c5)C5(c7ccccc7-6)c6ccccc6-n6c7ccccc7c7cccc5c76)ccc4c3)c2)cc1. The molecule has 1 unspecified atom stereocenters. The third-order valence-corrected chi connectivity index (χ3v) is 18.0. The maximum Gasteiger partial charge on any atom is 0.0754 e. The molecule has 0 bridgehead atoms. The summed E-state index contributed by atoms with van der Waals surface area (Å²) in [5.74, 6) is 0. The Labute approximate surface area is 465 Å². The average Bonchev–Trinajstić information content (AvgIpc) is 4.27. The van der Waals surface area contributed by atoms with Gasteiger partial charge in [-0.05, 0) is 160 Å². The summed E-state index contributed by atoms with van der Waals surface area (Å²) in [4.78, 5) is 2.46. The van der Waals surface area contributed by atoms with E-state index in [-0.39, 0.29) is 0 Å². The van der Waals surface area contributed by atoms with E-state index in [0.29, 0.717) is 0 Å². The van der Waals surface area contributed by atoms with Crippen LogP contribution in [-0.2, 0) is 10.8 Å². The van der Waals surface area contributed by atoms with Crippen LogP contribution in [0.3, 0.4) is 0 Å². The number of hydrogen-bond donors (Lipinski definition) is 0. The van der Waals surface area contributed by atoms with Crippen LogP contribution >= 0.6 is 0 Å². The first-order valence-corrected chi connectivity index (χ1v) is 27.9. The topological polar surface area (TPSA) is 8.17 Å². The van der Waals surface area contributed by atoms with Crippen molar-refractivity contribution in [2.24, 2.45) is 0 Å². The highest BCUT2D eigenvalue weighted by atomic mass is 15.1. The third-order valence-electron chi connectivity index (χ3n) is 18.0. The summed E-state index contributed by atoms with van der Waals surface area (Å²) in [5, 5.41) is 4.94. The minimum Gasteiger partial charge on any atom is -0.310 e. The normalized spacial score (nSPS) is 14.9. The van der Waals surface area contributed by atoms with Gasteiger partial charge in [-0.3, -0.25) is 0 Å². The molecule has 2 heteroatoms. The van der Waals surface area contributed by atoms with E-state index in [2.05, 4.69) is 313 Å². The second kappa shape index (κ2) is 17.1. The number of para-hydroxylation sites is 3. The van der Waals surface area contributed by atoms with Crippen molar-refractivity contribution in [3.05, 3.63) is 348 Å². The predicted octanol–water partition coefficient (Wildman–Crippen LogP) is 19.8. The van der Waals surface area contributed by atoms with Crippen molar-refractivity contribution in [3.63, 3.8) is 0 Å². The van der Waals surface area contributed by atoms with Gasteiger partial charge < -0.3 is 9.47 Å². The number of anilines is 3. The van der Waals surface area contributed by atoms with Crippen LogP contribution in [0.5, 0.6) is 0 Å². The summed E-state index contributed by atoms with van der Waals surface area (Å²) in [5.41, 5.74) is 26.3. The first kappa shape index (κ1) is 44.8. The summed E-state index contributed by atoms with van der Waals surface area (Å²) in [6.07, 6.45) is 0. The molecule has 372 valence electrons. The van der Waals surface area contributed by atoms with Crippen molar-refractivity contribution >= 4 is 49.6 Å². The highest BCUT2D eigenvalue weighted by Crippen LogP contribution is 2.62. The van der Waals surface area contributed by atoms with Crippen molar-refractivity contribution in [1.29, 1.82) is 0 Å². The van der Waals surface area contributed by atoms with Gasteiger partial charge in [0.1, 0.15) is 0 Å². The fourth-order valence-electron chi connectivity index (χ4n) is 14.8. The summed E-state index contributed by atoms with van der Waals surface area (Å²) < 4.78 is 2.52.